The molecule has 1 aliphatic heterocycles. The third-order valence-corrected chi connectivity index (χ3v) is 3.38. The van der Waals surface area contributed by atoms with Crippen LogP contribution in [0.1, 0.15) is 6.42 Å². The van der Waals surface area contributed by atoms with Gasteiger partial charge in [-0.2, -0.15) is 0 Å². The molecule has 0 aromatic rings. The van der Waals surface area contributed by atoms with Crippen LogP contribution in [0.4, 0.5) is 0 Å². The highest BCUT2D eigenvalue weighted by molar-refractivity contribution is 5.82. The first-order chi connectivity index (χ1) is 8.49. The Morgan fingerprint density at radius 3 is 2.89 bits per heavy atom. The van der Waals surface area contributed by atoms with Crippen LogP contribution in [0, 0.1) is 6.42 Å². The van der Waals surface area contributed by atoms with E-state index in [1.54, 1.807) is 0 Å². The zero-order valence-corrected chi connectivity index (χ0v) is 11.1. The zero-order valence-electron chi connectivity index (χ0n) is 11.1. The van der Waals surface area contributed by atoms with Crippen LogP contribution in [-0.2, 0) is 4.79 Å². The number of carbonyl (C=O) groups is 1. The molecule has 2 aliphatic rings. The van der Waals surface area contributed by atoms with E-state index >= 15 is 0 Å². The standard InChI is InChI=1S/C14H19N3O/c1-16(2)12-5-4-10-6-7-17(3)13(14(15)18)9-11(10)8-12/h4,8-9,13H,6-7H2,1-3H3,(H2,15,18). The van der Waals surface area contributed by atoms with Crippen molar-refractivity contribution in [3.63, 3.8) is 0 Å². The number of primary amides is 1. The van der Waals surface area contributed by atoms with Crippen molar-refractivity contribution in [2.75, 3.05) is 27.7 Å². The maximum absolute atomic E-state index is 11.5. The summed E-state index contributed by atoms with van der Waals surface area (Å²) in [5.74, 6) is -0.301. The number of carbonyl (C=O) groups excluding carboxylic acids is 1. The van der Waals surface area contributed by atoms with Crippen LogP contribution in [0.15, 0.2) is 35.1 Å². The first-order valence-electron chi connectivity index (χ1n) is 6.05. The molecule has 0 spiro atoms. The van der Waals surface area contributed by atoms with Crippen molar-refractivity contribution < 1.29 is 4.79 Å². The fourth-order valence-corrected chi connectivity index (χ4v) is 2.19. The van der Waals surface area contributed by atoms with E-state index in [-0.39, 0.29) is 11.9 Å². The summed E-state index contributed by atoms with van der Waals surface area (Å²) in [6.45, 7) is 0.826. The van der Waals surface area contributed by atoms with Crippen LogP contribution < -0.4 is 5.73 Å². The van der Waals surface area contributed by atoms with Crippen LogP contribution in [0.5, 0.6) is 0 Å². The molecule has 0 aromatic carbocycles. The maximum atomic E-state index is 11.5. The molecule has 18 heavy (non-hydrogen) atoms. The number of allylic oxidation sites excluding steroid dienone is 3. The Bertz CT molecular complexity index is 446. The number of nitrogens with zero attached hydrogens (tertiary/aromatic N) is 2. The van der Waals surface area contributed by atoms with Crippen LogP contribution in [0.2, 0.25) is 0 Å². The second kappa shape index (κ2) is 4.98. The van der Waals surface area contributed by atoms with Crippen LogP contribution >= 0.6 is 0 Å². The summed E-state index contributed by atoms with van der Waals surface area (Å²) in [5, 5.41) is 0. The van der Waals surface area contributed by atoms with Crippen molar-refractivity contribution >= 4 is 5.91 Å². The molecule has 0 saturated carbocycles. The third kappa shape index (κ3) is 2.48. The second-order valence-corrected chi connectivity index (χ2v) is 4.94. The van der Waals surface area contributed by atoms with Gasteiger partial charge >= 0.3 is 0 Å². The molecule has 4 heteroatoms. The molecular formula is C14H19N3O. The molecule has 1 amide bonds. The summed E-state index contributed by atoms with van der Waals surface area (Å²) < 4.78 is 0. The van der Waals surface area contributed by atoms with E-state index in [1.165, 1.54) is 5.57 Å². The van der Waals surface area contributed by atoms with E-state index in [9.17, 15) is 4.79 Å². The number of hydrogen-bond acceptors (Lipinski definition) is 3. The van der Waals surface area contributed by atoms with Gasteiger partial charge in [0.1, 0.15) is 6.04 Å². The van der Waals surface area contributed by atoms with E-state index in [2.05, 4.69) is 12.5 Å². The van der Waals surface area contributed by atoms with E-state index in [1.807, 2.05) is 43.1 Å². The van der Waals surface area contributed by atoms with Crippen molar-refractivity contribution in [1.29, 1.82) is 0 Å². The van der Waals surface area contributed by atoms with E-state index in [0.717, 1.165) is 24.2 Å². The fourth-order valence-electron chi connectivity index (χ4n) is 2.19. The van der Waals surface area contributed by atoms with Crippen molar-refractivity contribution in [1.82, 2.24) is 9.80 Å². The smallest absolute Gasteiger partial charge is 0.238 e. The first kappa shape index (κ1) is 12.9. The number of nitrogens with two attached hydrogens (primary N) is 1. The van der Waals surface area contributed by atoms with Crippen molar-refractivity contribution in [2.45, 2.75) is 12.5 Å². The molecule has 96 valence electrons. The quantitative estimate of drug-likeness (QED) is 0.774. The van der Waals surface area contributed by atoms with Crippen LogP contribution in [-0.4, -0.2) is 49.4 Å². The Labute approximate surface area is 108 Å². The molecular weight excluding hydrogens is 226 g/mol. The molecule has 1 heterocycles. The molecule has 0 saturated heterocycles. The van der Waals surface area contributed by atoms with Gasteiger partial charge in [0.2, 0.25) is 5.91 Å². The molecule has 4 nitrogen and oxygen atoms in total. The molecule has 1 unspecified atom stereocenters. The van der Waals surface area contributed by atoms with Gasteiger partial charge in [-0.1, -0.05) is 12.2 Å². The van der Waals surface area contributed by atoms with Gasteiger partial charge in [-0.15, -0.1) is 0 Å². The molecule has 0 bridgehead atoms. The van der Waals surface area contributed by atoms with Gasteiger partial charge < -0.3 is 10.6 Å². The predicted octanol–water partition coefficient (Wildman–Crippen LogP) is 0.569. The molecule has 2 radical (unpaired) electrons. The van der Waals surface area contributed by atoms with Gasteiger partial charge in [-0.05, 0) is 30.7 Å². The van der Waals surface area contributed by atoms with Gasteiger partial charge in [0, 0.05) is 26.3 Å². The zero-order chi connectivity index (χ0) is 13.3. The molecule has 1 aliphatic carbocycles. The van der Waals surface area contributed by atoms with Crippen molar-refractivity contribution in [3.05, 3.63) is 41.5 Å². The van der Waals surface area contributed by atoms with Gasteiger partial charge in [0.15, 0.2) is 0 Å². The lowest BCUT2D eigenvalue weighted by Gasteiger charge is -2.21. The van der Waals surface area contributed by atoms with Gasteiger partial charge in [0.25, 0.3) is 0 Å². The summed E-state index contributed by atoms with van der Waals surface area (Å²) in [6.07, 6.45) is 10.2. The Morgan fingerprint density at radius 1 is 1.56 bits per heavy atom. The third-order valence-electron chi connectivity index (χ3n) is 3.38. The Hall–Kier alpha value is -1.55. The minimum atomic E-state index is -0.330. The molecule has 0 aromatic heterocycles. The topological polar surface area (TPSA) is 49.6 Å². The molecule has 2 N–H and O–H groups in total. The average Bonchev–Trinajstić information content (AvgIpc) is 2.48. The molecule has 0 fully saturated rings. The Morgan fingerprint density at radius 2 is 2.28 bits per heavy atom. The number of fused-ring (bicyclic) bond motifs is 1. The monoisotopic (exact) mass is 245 g/mol. The summed E-state index contributed by atoms with van der Waals surface area (Å²) in [7, 11) is 5.88. The maximum Gasteiger partial charge on any atom is 0.238 e. The highest BCUT2D eigenvalue weighted by atomic mass is 16.1. The lowest BCUT2D eigenvalue weighted by Crippen LogP contribution is -2.41. The van der Waals surface area contributed by atoms with E-state index < -0.39 is 0 Å². The van der Waals surface area contributed by atoms with Crippen molar-refractivity contribution in [2.24, 2.45) is 5.73 Å². The summed E-state index contributed by atoms with van der Waals surface area (Å²) in [4.78, 5) is 15.5. The lowest BCUT2D eigenvalue weighted by molar-refractivity contribution is -0.121. The fraction of sp³-hybridized carbons (Fsp3) is 0.429. The SMILES string of the molecule is CN(C)C1=CC2=CC(C(N)=O)N(C)CCC2=C[C]1. The summed E-state index contributed by atoms with van der Waals surface area (Å²) >= 11 is 0. The molecule has 2 rings (SSSR count). The number of hydrogen-bond donors (Lipinski definition) is 1. The first-order valence-corrected chi connectivity index (χ1v) is 6.05. The van der Waals surface area contributed by atoms with Gasteiger partial charge in [0.05, 0.1) is 6.42 Å². The van der Waals surface area contributed by atoms with Crippen molar-refractivity contribution in [3.8, 4) is 0 Å². The predicted molar refractivity (Wildman–Crippen MR) is 71.4 cm³/mol. The highest BCUT2D eigenvalue weighted by Gasteiger charge is 2.24. The number of amides is 1. The number of rotatable bonds is 2. The minimum Gasteiger partial charge on any atom is -0.380 e. The van der Waals surface area contributed by atoms with Gasteiger partial charge in [-0.3, -0.25) is 9.69 Å². The van der Waals surface area contributed by atoms with E-state index in [0.29, 0.717) is 0 Å². The average molecular weight is 245 g/mol. The minimum absolute atomic E-state index is 0.301. The molecule has 1 atom stereocenters. The van der Waals surface area contributed by atoms with Crippen LogP contribution in [0.25, 0.3) is 0 Å². The summed E-state index contributed by atoms with van der Waals surface area (Å²) in [5.41, 5.74) is 8.77. The Balaban J connectivity index is 2.36. The normalized spacial score (nSPS) is 24.4. The Kier molecular flexibility index (Phi) is 3.57. The second-order valence-electron chi connectivity index (χ2n) is 4.94. The summed E-state index contributed by atoms with van der Waals surface area (Å²) in [6, 6.07) is -0.330. The highest BCUT2D eigenvalue weighted by Crippen LogP contribution is 2.28. The number of likely N-dealkylation sites (N-methyl/N-ethyl adjacent to an activating group) is 1. The van der Waals surface area contributed by atoms with Gasteiger partial charge in [-0.25, -0.2) is 0 Å². The largest absolute Gasteiger partial charge is 0.380 e. The van der Waals surface area contributed by atoms with Crippen LogP contribution in [0.3, 0.4) is 0 Å². The lowest BCUT2D eigenvalue weighted by atomic mass is 9.94. The van der Waals surface area contributed by atoms with E-state index in [4.69, 9.17) is 5.73 Å².